The summed E-state index contributed by atoms with van der Waals surface area (Å²) in [6.07, 6.45) is -0.786. The van der Waals surface area contributed by atoms with Crippen molar-refractivity contribution in [1.82, 2.24) is 0 Å². The summed E-state index contributed by atoms with van der Waals surface area (Å²) in [5, 5.41) is 19.1. The second-order valence-electron chi connectivity index (χ2n) is 3.29. The molecule has 8 heteroatoms. The van der Waals surface area contributed by atoms with Crippen molar-refractivity contribution in [2.45, 2.75) is 18.6 Å². The summed E-state index contributed by atoms with van der Waals surface area (Å²) in [5.74, 6) is -0.662. The smallest absolute Gasteiger partial charge is 0.484 e. The largest absolute Gasteiger partial charge is 0.503 e. The number of methoxy groups -OCH3 is 1. The molecule has 0 spiro atoms. The second kappa shape index (κ2) is 5.27. The topological polar surface area (TPSA) is 109 Å². The van der Waals surface area contributed by atoms with Crippen molar-refractivity contribution < 1.29 is 34.0 Å². The third-order valence-corrected chi connectivity index (χ3v) is 3.66. The van der Waals surface area contributed by atoms with Gasteiger partial charge in [-0.15, -0.1) is 0 Å². The van der Waals surface area contributed by atoms with Crippen LogP contribution in [0.2, 0.25) is 0 Å². The van der Waals surface area contributed by atoms with Gasteiger partial charge in [-0.2, -0.15) is 14.3 Å². The van der Waals surface area contributed by atoms with E-state index in [1.54, 1.807) is 0 Å². The van der Waals surface area contributed by atoms with Gasteiger partial charge in [-0.3, -0.25) is 0 Å². The van der Waals surface area contributed by atoms with Gasteiger partial charge in [0, 0.05) is 7.11 Å². The molecular weight excluding hydrogens is 239 g/mol. The highest BCUT2D eigenvalue weighted by molar-refractivity contribution is 7.63. The van der Waals surface area contributed by atoms with Gasteiger partial charge >= 0.3 is 13.4 Å². The van der Waals surface area contributed by atoms with Gasteiger partial charge in [0.1, 0.15) is 6.10 Å². The van der Waals surface area contributed by atoms with Crippen LogP contribution in [0.5, 0.6) is 0 Å². The first-order valence-corrected chi connectivity index (χ1v) is 6.22. The van der Waals surface area contributed by atoms with Crippen molar-refractivity contribution in [2.75, 3.05) is 20.8 Å². The number of aliphatic hydroxyl groups is 2. The zero-order valence-electron chi connectivity index (χ0n) is 9.03. The van der Waals surface area contributed by atoms with Crippen LogP contribution in [0, 0.1) is 0 Å². The van der Waals surface area contributed by atoms with Crippen molar-refractivity contribution in [1.29, 1.82) is 0 Å². The van der Waals surface area contributed by atoms with Crippen LogP contribution in [0.25, 0.3) is 0 Å². The van der Waals surface area contributed by atoms with Crippen LogP contribution in [0.1, 0.15) is 6.42 Å². The van der Waals surface area contributed by atoms with Crippen LogP contribution in [-0.4, -0.2) is 53.0 Å². The minimum Gasteiger partial charge on any atom is -0.503 e. The predicted octanol–water partition coefficient (Wildman–Crippen LogP) is 0.469. The normalized spacial score (nSPS) is 28.0. The molecule has 0 aromatic carbocycles. The molecule has 0 amide bonds. The molecule has 1 heterocycles. The summed E-state index contributed by atoms with van der Waals surface area (Å²) in [7, 11) is -1.66. The average Bonchev–Trinajstić information content (AvgIpc) is 2.74. The summed E-state index contributed by atoms with van der Waals surface area (Å²) in [6.45, 7) is 0.357. The lowest BCUT2D eigenvalue weighted by molar-refractivity contribution is 0.0114. The van der Waals surface area contributed by atoms with Crippen LogP contribution >= 0.6 is 7.94 Å². The Balaban J connectivity index is 2.90. The summed E-state index contributed by atoms with van der Waals surface area (Å²) in [4.78, 5) is 18.5. The van der Waals surface area contributed by atoms with Crippen molar-refractivity contribution >= 4 is 7.94 Å². The van der Waals surface area contributed by atoms with Gasteiger partial charge in [0.25, 0.3) is 0 Å². The minimum absolute atomic E-state index is 0.357. The maximum atomic E-state index is 9.64. The molecule has 1 saturated heterocycles. The Morgan fingerprint density at radius 3 is 2.44 bits per heavy atom. The standard InChI is InChI=1S/C8H15O7P/c1-13-5-3-4-15-7(5)6(9)8(10)16(11,12)14-2/h5,7,11-12H,3-4H2,1-2H3,(H-,9,10)/p+1/b8-6-. The fourth-order valence-corrected chi connectivity index (χ4v) is 2.03. The van der Waals surface area contributed by atoms with Crippen LogP contribution < -0.4 is 0 Å². The number of rotatable bonds is 4. The average molecular weight is 255 g/mol. The molecule has 0 saturated carbocycles. The van der Waals surface area contributed by atoms with E-state index in [0.717, 1.165) is 7.11 Å². The van der Waals surface area contributed by atoms with E-state index in [9.17, 15) is 20.0 Å². The Labute approximate surface area is 93.5 Å². The molecule has 0 radical (unpaired) electrons. The minimum atomic E-state index is -4.11. The Hall–Kier alpha value is -0.430. The van der Waals surface area contributed by atoms with E-state index in [1.165, 1.54) is 7.11 Å². The summed E-state index contributed by atoms with van der Waals surface area (Å²) < 4.78 is 14.5. The summed E-state index contributed by atoms with van der Waals surface area (Å²) >= 11 is 0. The Morgan fingerprint density at radius 2 is 1.94 bits per heavy atom. The van der Waals surface area contributed by atoms with Gasteiger partial charge in [-0.05, 0) is 6.42 Å². The highest BCUT2D eigenvalue weighted by Crippen LogP contribution is 2.58. The van der Waals surface area contributed by atoms with Crippen molar-refractivity contribution in [3.05, 3.63) is 11.3 Å². The molecule has 0 bridgehead atoms. The molecule has 1 fully saturated rings. The van der Waals surface area contributed by atoms with E-state index in [2.05, 4.69) is 4.52 Å². The van der Waals surface area contributed by atoms with Gasteiger partial charge in [0.2, 0.25) is 5.76 Å². The third-order valence-electron chi connectivity index (χ3n) is 2.37. The van der Waals surface area contributed by atoms with Gasteiger partial charge in [0.05, 0.1) is 19.8 Å². The van der Waals surface area contributed by atoms with E-state index in [-0.39, 0.29) is 0 Å². The van der Waals surface area contributed by atoms with Gasteiger partial charge in [-0.25, -0.2) is 0 Å². The molecule has 94 valence electrons. The molecule has 0 aromatic rings. The molecule has 1 rings (SSSR count). The maximum Gasteiger partial charge on any atom is 0.484 e. The van der Waals surface area contributed by atoms with E-state index >= 15 is 0 Å². The molecule has 16 heavy (non-hydrogen) atoms. The Kier molecular flexibility index (Phi) is 4.49. The monoisotopic (exact) mass is 255 g/mol. The molecule has 2 unspecified atom stereocenters. The quantitative estimate of drug-likeness (QED) is 0.427. The summed E-state index contributed by atoms with van der Waals surface area (Å²) in [6, 6.07) is 0. The maximum absolute atomic E-state index is 9.64. The highest BCUT2D eigenvalue weighted by atomic mass is 31.2. The Bertz CT molecular complexity index is 278. The van der Waals surface area contributed by atoms with Crippen molar-refractivity contribution in [3.8, 4) is 0 Å². The first kappa shape index (κ1) is 13.6. The molecule has 1 aliphatic rings. The highest BCUT2D eigenvalue weighted by Gasteiger charge is 2.48. The zero-order valence-corrected chi connectivity index (χ0v) is 9.92. The lowest BCUT2D eigenvalue weighted by Crippen LogP contribution is -2.26. The zero-order chi connectivity index (χ0) is 12.3. The van der Waals surface area contributed by atoms with E-state index in [4.69, 9.17) is 9.47 Å². The number of hydrogen-bond donors (Lipinski definition) is 4. The van der Waals surface area contributed by atoms with E-state index < -0.39 is 31.4 Å². The third kappa shape index (κ3) is 2.63. The first-order chi connectivity index (χ1) is 7.44. The number of hydrogen-bond acceptors (Lipinski definition) is 7. The summed E-state index contributed by atoms with van der Waals surface area (Å²) in [5.41, 5.74) is -0.996. The number of aliphatic hydroxyl groups excluding tert-OH is 2. The molecule has 1 aliphatic heterocycles. The predicted molar refractivity (Wildman–Crippen MR) is 55.8 cm³/mol. The van der Waals surface area contributed by atoms with Gasteiger partial charge in [0.15, 0.2) is 0 Å². The van der Waals surface area contributed by atoms with Gasteiger partial charge in [-0.1, -0.05) is 0 Å². The fraction of sp³-hybridized carbons (Fsp3) is 0.750. The van der Waals surface area contributed by atoms with Crippen LogP contribution in [0.3, 0.4) is 0 Å². The fourth-order valence-electron chi connectivity index (χ4n) is 1.43. The number of ether oxygens (including phenoxy) is 2. The van der Waals surface area contributed by atoms with Crippen LogP contribution in [-0.2, 0) is 14.0 Å². The van der Waals surface area contributed by atoms with Crippen LogP contribution in [0.15, 0.2) is 11.3 Å². The lowest BCUT2D eigenvalue weighted by atomic mass is 10.1. The lowest BCUT2D eigenvalue weighted by Gasteiger charge is -2.17. The first-order valence-electron chi connectivity index (χ1n) is 4.61. The molecule has 0 aliphatic carbocycles. The molecule has 2 atom stereocenters. The molecule has 0 aromatic heterocycles. The molecule has 7 nitrogen and oxygen atoms in total. The van der Waals surface area contributed by atoms with E-state index in [0.29, 0.717) is 13.0 Å². The van der Waals surface area contributed by atoms with Crippen molar-refractivity contribution in [2.24, 2.45) is 0 Å². The van der Waals surface area contributed by atoms with Crippen LogP contribution in [0.4, 0.5) is 0 Å². The van der Waals surface area contributed by atoms with E-state index in [1.807, 2.05) is 0 Å². The van der Waals surface area contributed by atoms with Crippen molar-refractivity contribution in [3.63, 3.8) is 0 Å². The molecule has 4 N–H and O–H groups in total. The SMILES string of the molecule is COC1CCOC1/C(O)=C(\O)[P+](O)(O)OC. The Morgan fingerprint density at radius 1 is 1.31 bits per heavy atom. The second-order valence-corrected chi connectivity index (χ2v) is 5.17. The molecular formula is C8H16O7P+. The van der Waals surface area contributed by atoms with Gasteiger partial charge < -0.3 is 19.7 Å².